The predicted molar refractivity (Wildman–Crippen MR) is 101 cm³/mol. The Morgan fingerprint density at radius 3 is 2.05 bits per heavy atom. The molecule has 0 N–H and O–H groups in total. The Bertz CT molecular complexity index is 498. The van der Waals surface area contributed by atoms with Crippen LogP contribution in [-0.4, -0.2) is 0 Å². The summed E-state index contributed by atoms with van der Waals surface area (Å²) in [5, 5.41) is 2.24. The second-order valence-electron chi connectivity index (χ2n) is 6.20. The fourth-order valence-corrected chi connectivity index (χ4v) is 3.95. The van der Waals surface area contributed by atoms with Crippen LogP contribution < -0.4 is 0 Å². The fraction of sp³-hybridized carbons (Fsp3) is 0.524. The first-order valence-corrected chi connectivity index (χ1v) is 9.91. The molecule has 0 spiro atoms. The van der Waals surface area contributed by atoms with E-state index in [0.29, 0.717) is 0 Å². The van der Waals surface area contributed by atoms with Crippen LogP contribution >= 0.6 is 11.3 Å². The second-order valence-corrected chi connectivity index (χ2v) is 7.20. The van der Waals surface area contributed by atoms with Gasteiger partial charge in [-0.1, -0.05) is 88.6 Å². The molecule has 0 aliphatic heterocycles. The lowest BCUT2D eigenvalue weighted by Crippen LogP contribution is -1.86. The monoisotopic (exact) mass is 314 g/mol. The van der Waals surface area contributed by atoms with E-state index >= 15 is 0 Å². The van der Waals surface area contributed by atoms with Crippen molar-refractivity contribution < 1.29 is 0 Å². The van der Waals surface area contributed by atoms with Crippen molar-refractivity contribution in [1.82, 2.24) is 0 Å². The van der Waals surface area contributed by atoms with Gasteiger partial charge in [0.15, 0.2) is 0 Å². The smallest absolute Gasteiger partial charge is 0.0124 e. The van der Waals surface area contributed by atoms with Crippen LogP contribution in [0.1, 0.15) is 69.6 Å². The van der Waals surface area contributed by atoms with Crippen LogP contribution in [0, 0.1) is 0 Å². The molecule has 22 heavy (non-hydrogen) atoms. The fourth-order valence-electron chi connectivity index (χ4n) is 3.01. The van der Waals surface area contributed by atoms with E-state index in [9.17, 15) is 0 Å². The molecule has 1 heterocycles. The highest BCUT2D eigenvalue weighted by molar-refractivity contribution is 7.10. The zero-order valence-corrected chi connectivity index (χ0v) is 14.8. The van der Waals surface area contributed by atoms with Crippen molar-refractivity contribution >= 4 is 11.3 Å². The Kier molecular flexibility index (Phi) is 8.33. The Hall–Kier alpha value is -1.08. The van der Waals surface area contributed by atoms with Gasteiger partial charge in [-0.25, -0.2) is 0 Å². The van der Waals surface area contributed by atoms with Gasteiger partial charge in [0.05, 0.1) is 0 Å². The third kappa shape index (κ3) is 5.96. The highest BCUT2D eigenvalue weighted by Crippen LogP contribution is 2.29. The van der Waals surface area contributed by atoms with Crippen molar-refractivity contribution in [3.63, 3.8) is 0 Å². The summed E-state index contributed by atoms with van der Waals surface area (Å²) in [5.41, 5.74) is 2.82. The average molecular weight is 315 g/mol. The van der Waals surface area contributed by atoms with Crippen molar-refractivity contribution in [1.29, 1.82) is 0 Å². The van der Waals surface area contributed by atoms with Crippen LogP contribution in [0.3, 0.4) is 0 Å². The molecule has 0 unspecified atom stereocenters. The average Bonchev–Trinajstić information content (AvgIpc) is 3.02. The Morgan fingerprint density at radius 2 is 1.36 bits per heavy atom. The van der Waals surface area contributed by atoms with Gasteiger partial charge in [0.2, 0.25) is 0 Å². The van der Waals surface area contributed by atoms with Gasteiger partial charge in [0, 0.05) is 4.88 Å². The SMILES string of the molecule is CCCCCCCCCCCc1sccc1-c1ccccc1. The van der Waals surface area contributed by atoms with Crippen molar-refractivity contribution in [2.45, 2.75) is 71.1 Å². The zero-order chi connectivity index (χ0) is 15.5. The molecule has 0 radical (unpaired) electrons. The molecule has 0 aliphatic carbocycles. The van der Waals surface area contributed by atoms with E-state index in [1.54, 1.807) is 4.88 Å². The molecule has 0 amide bonds. The molecular formula is C21H30S. The van der Waals surface area contributed by atoms with Crippen LogP contribution in [0.4, 0.5) is 0 Å². The van der Waals surface area contributed by atoms with Crippen molar-refractivity contribution in [2.75, 3.05) is 0 Å². The first-order valence-electron chi connectivity index (χ1n) is 9.03. The van der Waals surface area contributed by atoms with Crippen LogP contribution in [-0.2, 0) is 6.42 Å². The molecule has 2 aromatic rings. The molecule has 0 nitrogen and oxygen atoms in total. The van der Waals surface area contributed by atoms with E-state index in [2.05, 4.69) is 48.7 Å². The normalized spacial score (nSPS) is 11.0. The van der Waals surface area contributed by atoms with Crippen LogP contribution in [0.25, 0.3) is 11.1 Å². The molecule has 2 rings (SSSR count). The highest BCUT2D eigenvalue weighted by Gasteiger charge is 2.06. The number of hydrogen-bond donors (Lipinski definition) is 0. The van der Waals surface area contributed by atoms with Gasteiger partial charge in [0.25, 0.3) is 0 Å². The van der Waals surface area contributed by atoms with Gasteiger partial charge in [-0.3, -0.25) is 0 Å². The lowest BCUT2D eigenvalue weighted by molar-refractivity contribution is 0.565. The molecular weight excluding hydrogens is 284 g/mol. The van der Waals surface area contributed by atoms with E-state index < -0.39 is 0 Å². The Labute approximate surface area is 140 Å². The predicted octanol–water partition coefficient (Wildman–Crippen LogP) is 7.49. The summed E-state index contributed by atoms with van der Waals surface area (Å²) < 4.78 is 0. The summed E-state index contributed by atoms with van der Waals surface area (Å²) >= 11 is 1.92. The molecule has 0 saturated carbocycles. The minimum atomic E-state index is 1.25. The van der Waals surface area contributed by atoms with Gasteiger partial charge < -0.3 is 0 Å². The summed E-state index contributed by atoms with van der Waals surface area (Å²) in [5.74, 6) is 0. The molecule has 120 valence electrons. The van der Waals surface area contributed by atoms with Gasteiger partial charge in [-0.15, -0.1) is 11.3 Å². The molecule has 0 bridgehead atoms. The summed E-state index contributed by atoms with van der Waals surface area (Å²) in [6.07, 6.45) is 13.9. The first kappa shape index (κ1) is 17.3. The number of rotatable bonds is 11. The van der Waals surface area contributed by atoms with E-state index in [0.717, 1.165) is 0 Å². The van der Waals surface area contributed by atoms with Crippen LogP contribution in [0.5, 0.6) is 0 Å². The van der Waals surface area contributed by atoms with Crippen LogP contribution in [0.15, 0.2) is 41.8 Å². The largest absolute Gasteiger partial charge is 0.148 e. The number of thiophene rings is 1. The molecule has 0 saturated heterocycles. The molecule has 0 aliphatic rings. The van der Waals surface area contributed by atoms with Gasteiger partial charge in [0.1, 0.15) is 0 Å². The van der Waals surface area contributed by atoms with Crippen molar-refractivity contribution in [2.24, 2.45) is 0 Å². The van der Waals surface area contributed by atoms with Crippen LogP contribution in [0.2, 0.25) is 0 Å². The Balaban J connectivity index is 1.63. The molecule has 0 atom stereocenters. The van der Waals surface area contributed by atoms with Crippen molar-refractivity contribution in [3.8, 4) is 11.1 Å². The van der Waals surface area contributed by atoms with Gasteiger partial charge in [-0.2, -0.15) is 0 Å². The molecule has 1 heteroatoms. The minimum absolute atomic E-state index is 1.25. The topological polar surface area (TPSA) is 0 Å². The Morgan fingerprint density at radius 1 is 0.727 bits per heavy atom. The lowest BCUT2D eigenvalue weighted by Gasteiger charge is -2.05. The molecule has 0 fully saturated rings. The van der Waals surface area contributed by atoms with E-state index in [4.69, 9.17) is 0 Å². The number of unbranched alkanes of at least 4 members (excludes halogenated alkanes) is 8. The maximum atomic E-state index is 2.29. The van der Waals surface area contributed by atoms with E-state index in [1.807, 2.05) is 11.3 Å². The minimum Gasteiger partial charge on any atom is -0.148 e. The standard InChI is InChI=1S/C21H30S/c1-2-3-4-5-6-7-8-9-13-16-21-20(17-18-22-21)19-14-11-10-12-15-19/h10-12,14-15,17-18H,2-9,13,16H2,1H3. The maximum absolute atomic E-state index is 2.29. The second kappa shape index (κ2) is 10.6. The lowest BCUT2D eigenvalue weighted by atomic mass is 10.0. The summed E-state index contributed by atoms with van der Waals surface area (Å²) in [6, 6.07) is 13.1. The maximum Gasteiger partial charge on any atom is 0.0124 e. The van der Waals surface area contributed by atoms with Gasteiger partial charge in [-0.05, 0) is 35.4 Å². The quantitative estimate of drug-likeness (QED) is 0.377. The summed E-state index contributed by atoms with van der Waals surface area (Å²) in [4.78, 5) is 1.56. The summed E-state index contributed by atoms with van der Waals surface area (Å²) in [6.45, 7) is 2.29. The molecule has 1 aromatic carbocycles. The van der Waals surface area contributed by atoms with E-state index in [-0.39, 0.29) is 0 Å². The first-order chi connectivity index (χ1) is 10.9. The third-order valence-corrected chi connectivity index (χ3v) is 5.32. The number of hydrogen-bond acceptors (Lipinski definition) is 1. The van der Waals surface area contributed by atoms with Gasteiger partial charge >= 0.3 is 0 Å². The summed E-state index contributed by atoms with van der Waals surface area (Å²) in [7, 11) is 0. The zero-order valence-electron chi connectivity index (χ0n) is 14.0. The number of benzene rings is 1. The molecule has 1 aromatic heterocycles. The third-order valence-electron chi connectivity index (χ3n) is 4.34. The van der Waals surface area contributed by atoms with Crippen molar-refractivity contribution in [3.05, 3.63) is 46.7 Å². The number of aryl methyl sites for hydroxylation is 1. The van der Waals surface area contributed by atoms with E-state index in [1.165, 1.54) is 75.3 Å². The highest BCUT2D eigenvalue weighted by atomic mass is 32.1.